The van der Waals surface area contributed by atoms with Gasteiger partial charge in [-0.15, -0.1) is 0 Å². The second-order valence-corrected chi connectivity index (χ2v) is 7.28. The highest BCUT2D eigenvalue weighted by Gasteiger charge is 2.18. The summed E-state index contributed by atoms with van der Waals surface area (Å²) in [5.74, 6) is 0. The summed E-state index contributed by atoms with van der Waals surface area (Å²) in [6, 6.07) is 14.5. The Morgan fingerprint density at radius 3 is 2.87 bits per heavy atom. The average Bonchev–Trinajstić information content (AvgIpc) is 3.23. The summed E-state index contributed by atoms with van der Waals surface area (Å²) in [5.41, 5.74) is 5.66. The minimum Gasteiger partial charge on any atom is -0.443 e. The molecule has 0 aliphatic carbocycles. The molecular weight excluding hydrogens is 400 g/mol. The van der Waals surface area contributed by atoms with Crippen LogP contribution in [0, 0.1) is 18.3 Å². The Morgan fingerprint density at radius 1 is 1.17 bits per heavy atom. The van der Waals surface area contributed by atoms with Crippen LogP contribution in [0.3, 0.4) is 0 Å². The van der Waals surface area contributed by atoms with Crippen molar-refractivity contribution in [3.05, 3.63) is 81.4 Å². The van der Waals surface area contributed by atoms with Gasteiger partial charge in [-0.3, -0.25) is 4.79 Å². The number of nitrogens with zero attached hydrogens (tertiary/aromatic N) is 3. The number of oxazole rings is 1. The lowest BCUT2D eigenvalue weighted by Gasteiger charge is -2.14. The molecule has 144 valence electrons. The molecule has 0 fully saturated rings. The normalized spacial score (nSPS) is 11.1. The van der Waals surface area contributed by atoms with Crippen LogP contribution in [0.15, 0.2) is 64.3 Å². The Balaban J connectivity index is 1.90. The van der Waals surface area contributed by atoms with Crippen molar-refractivity contribution in [2.45, 2.75) is 6.92 Å². The van der Waals surface area contributed by atoms with Crippen LogP contribution in [0.4, 0.5) is 0 Å². The molecule has 30 heavy (non-hydrogen) atoms. The van der Waals surface area contributed by atoms with Crippen LogP contribution in [0.1, 0.15) is 11.1 Å². The van der Waals surface area contributed by atoms with Crippen molar-refractivity contribution in [3.63, 3.8) is 0 Å². The molecule has 5 rings (SSSR count). The van der Waals surface area contributed by atoms with E-state index in [9.17, 15) is 10.1 Å². The quantitative estimate of drug-likeness (QED) is 0.428. The van der Waals surface area contributed by atoms with Crippen molar-refractivity contribution in [3.8, 4) is 28.5 Å². The van der Waals surface area contributed by atoms with Crippen molar-refractivity contribution < 1.29 is 4.42 Å². The molecule has 5 aromatic rings. The summed E-state index contributed by atoms with van der Waals surface area (Å²) in [7, 11) is 0. The number of aromatic nitrogens is 3. The van der Waals surface area contributed by atoms with Crippen molar-refractivity contribution in [2.24, 2.45) is 0 Å². The number of rotatable bonds is 2. The Morgan fingerprint density at radius 2 is 2.03 bits per heavy atom. The van der Waals surface area contributed by atoms with Gasteiger partial charge in [0.1, 0.15) is 11.2 Å². The molecule has 0 unspecified atom stereocenters. The fourth-order valence-electron chi connectivity index (χ4n) is 3.62. The van der Waals surface area contributed by atoms with Crippen LogP contribution < -0.4 is 5.43 Å². The first-order chi connectivity index (χ1) is 14.6. The van der Waals surface area contributed by atoms with E-state index in [0.717, 1.165) is 16.7 Å². The van der Waals surface area contributed by atoms with Crippen LogP contribution in [-0.4, -0.2) is 15.0 Å². The van der Waals surface area contributed by atoms with E-state index in [-0.39, 0.29) is 5.43 Å². The summed E-state index contributed by atoms with van der Waals surface area (Å²) in [5, 5.41) is 10.4. The molecule has 0 atom stereocenters. The van der Waals surface area contributed by atoms with E-state index in [1.54, 1.807) is 24.4 Å². The van der Waals surface area contributed by atoms with E-state index in [1.165, 1.54) is 12.5 Å². The van der Waals surface area contributed by atoms with Crippen molar-refractivity contribution in [1.29, 1.82) is 5.26 Å². The van der Waals surface area contributed by atoms with Crippen LogP contribution in [-0.2, 0) is 0 Å². The van der Waals surface area contributed by atoms with Crippen LogP contribution in [0.5, 0.6) is 0 Å². The number of hydrogen-bond acceptors (Lipinski definition) is 5. The molecule has 0 bridgehead atoms. The molecule has 0 radical (unpaired) electrons. The van der Waals surface area contributed by atoms with Gasteiger partial charge in [-0.1, -0.05) is 23.7 Å². The molecule has 0 aliphatic heterocycles. The van der Waals surface area contributed by atoms with Crippen molar-refractivity contribution in [1.82, 2.24) is 15.0 Å². The maximum absolute atomic E-state index is 12.5. The van der Waals surface area contributed by atoms with E-state index in [1.807, 2.05) is 25.1 Å². The summed E-state index contributed by atoms with van der Waals surface area (Å²) >= 11 is 6.43. The van der Waals surface area contributed by atoms with Gasteiger partial charge in [0.2, 0.25) is 0 Å². The van der Waals surface area contributed by atoms with Gasteiger partial charge in [-0.05, 0) is 42.3 Å². The Hall–Kier alpha value is -3.95. The number of benzene rings is 2. The fourth-order valence-corrected chi connectivity index (χ4v) is 3.88. The highest BCUT2D eigenvalue weighted by Crippen LogP contribution is 2.37. The summed E-state index contributed by atoms with van der Waals surface area (Å²) in [6.07, 6.45) is 2.91. The number of nitriles is 1. The molecule has 0 amide bonds. The number of halogens is 1. The van der Waals surface area contributed by atoms with Crippen LogP contribution >= 0.6 is 11.6 Å². The molecule has 3 aromatic heterocycles. The first-order valence-corrected chi connectivity index (χ1v) is 9.50. The molecule has 0 aliphatic rings. The van der Waals surface area contributed by atoms with Crippen molar-refractivity contribution >= 4 is 33.7 Å². The van der Waals surface area contributed by atoms with Crippen LogP contribution in [0.2, 0.25) is 5.02 Å². The Kier molecular flexibility index (Phi) is 4.12. The van der Waals surface area contributed by atoms with Gasteiger partial charge in [-0.25, -0.2) is 9.97 Å². The van der Waals surface area contributed by atoms with E-state index in [4.69, 9.17) is 21.0 Å². The highest BCUT2D eigenvalue weighted by atomic mass is 35.5. The zero-order valence-corrected chi connectivity index (χ0v) is 16.5. The topological polar surface area (TPSA) is 95.6 Å². The standard InChI is InChI=1S/C23H13ClN4O2/c1-12-13(10-25)3-2-4-15(12)21-16(9-17-19(29)5-6-26-23(17)28-21)14-7-18(24)22-20(8-14)30-11-27-22/h2-9,11H,1H3,(H,26,28,29). The SMILES string of the molecule is Cc1c(C#N)cccc1-c1nc2[nH]ccc(=O)c2cc1-c1cc(Cl)c2ncoc2c1. The number of hydrogen-bond donors (Lipinski definition) is 1. The van der Waals surface area contributed by atoms with E-state index in [0.29, 0.717) is 44.0 Å². The highest BCUT2D eigenvalue weighted by molar-refractivity contribution is 6.35. The molecule has 6 nitrogen and oxygen atoms in total. The summed E-state index contributed by atoms with van der Waals surface area (Å²) in [6.45, 7) is 1.88. The molecule has 3 heterocycles. The molecule has 7 heteroatoms. The maximum Gasteiger partial charge on any atom is 0.191 e. The minimum absolute atomic E-state index is 0.140. The second-order valence-electron chi connectivity index (χ2n) is 6.87. The molecular formula is C23H13ClN4O2. The van der Waals surface area contributed by atoms with Gasteiger partial charge in [0.25, 0.3) is 0 Å². The lowest BCUT2D eigenvalue weighted by molar-refractivity contribution is 0.602. The molecule has 0 saturated heterocycles. The summed E-state index contributed by atoms with van der Waals surface area (Å²) < 4.78 is 5.45. The first-order valence-electron chi connectivity index (χ1n) is 9.12. The zero-order chi connectivity index (χ0) is 20.8. The molecule has 0 saturated carbocycles. The predicted octanol–water partition coefficient (Wildman–Crippen LogP) is 5.23. The second kappa shape index (κ2) is 6.83. The van der Waals surface area contributed by atoms with Gasteiger partial charge in [0.15, 0.2) is 17.4 Å². The predicted molar refractivity (Wildman–Crippen MR) is 115 cm³/mol. The lowest BCUT2D eigenvalue weighted by atomic mass is 9.93. The third-order valence-electron chi connectivity index (χ3n) is 5.15. The molecule has 2 aromatic carbocycles. The zero-order valence-electron chi connectivity index (χ0n) is 15.7. The number of pyridine rings is 2. The van der Waals surface area contributed by atoms with E-state index >= 15 is 0 Å². The Bertz CT molecular complexity index is 1560. The average molecular weight is 413 g/mol. The smallest absolute Gasteiger partial charge is 0.191 e. The van der Waals surface area contributed by atoms with Gasteiger partial charge in [-0.2, -0.15) is 5.26 Å². The van der Waals surface area contributed by atoms with E-state index in [2.05, 4.69) is 16.0 Å². The Labute approximate surface area is 175 Å². The third kappa shape index (κ3) is 2.76. The van der Waals surface area contributed by atoms with Gasteiger partial charge in [0.05, 0.1) is 27.7 Å². The monoisotopic (exact) mass is 412 g/mol. The van der Waals surface area contributed by atoms with Crippen LogP contribution in [0.25, 0.3) is 44.5 Å². The largest absolute Gasteiger partial charge is 0.443 e. The first kappa shape index (κ1) is 18.1. The van der Waals surface area contributed by atoms with Crippen molar-refractivity contribution in [2.75, 3.05) is 0 Å². The van der Waals surface area contributed by atoms with Gasteiger partial charge >= 0.3 is 0 Å². The number of nitrogens with one attached hydrogen (secondary N) is 1. The number of aromatic amines is 1. The third-order valence-corrected chi connectivity index (χ3v) is 5.44. The lowest BCUT2D eigenvalue weighted by Crippen LogP contribution is -2.04. The molecule has 0 spiro atoms. The van der Waals surface area contributed by atoms with Gasteiger partial charge in [0, 0.05) is 23.4 Å². The molecule has 1 N–H and O–H groups in total. The van der Waals surface area contributed by atoms with E-state index < -0.39 is 0 Å². The maximum atomic E-state index is 12.5. The fraction of sp³-hybridized carbons (Fsp3) is 0.0435. The number of H-pyrrole nitrogens is 1. The number of fused-ring (bicyclic) bond motifs is 2. The summed E-state index contributed by atoms with van der Waals surface area (Å²) in [4.78, 5) is 24.4. The van der Waals surface area contributed by atoms with Gasteiger partial charge < -0.3 is 9.40 Å². The minimum atomic E-state index is -0.140.